The monoisotopic (exact) mass is 294 g/mol. The molecule has 0 aromatic heterocycles. The Kier molecular flexibility index (Phi) is 4.90. The largest absolute Gasteiger partial charge is 0.481 e. The molecule has 0 aliphatic carbocycles. The molecule has 0 saturated carbocycles. The van der Waals surface area contributed by atoms with Gasteiger partial charge in [-0.25, -0.2) is 4.39 Å². The highest BCUT2D eigenvalue weighted by molar-refractivity contribution is 5.78. The van der Waals surface area contributed by atoms with Crippen molar-refractivity contribution >= 4 is 11.9 Å². The van der Waals surface area contributed by atoms with Crippen LogP contribution < -0.4 is 5.32 Å². The summed E-state index contributed by atoms with van der Waals surface area (Å²) in [5.74, 6) is -1.79. The second-order valence-corrected chi connectivity index (χ2v) is 5.48. The van der Waals surface area contributed by atoms with Crippen LogP contribution in [0.2, 0.25) is 0 Å². The molecule has 1 aliphatic heterocycles. The van der Waals surface area contributed by atoms with E-state index in [9.17, 15) is 14.0 Å². The van der Waals surface area contributed by atoms with E-state index in [1.54, 1.807) is 18.2 Å². The molecule has 6 heteroatoms. The molecule has 2 atom stereocenters. The molecule has 1 fully saturated rings. The summed E-state index contributed by atoms with van der Waals surface area (Å²) in [6.07, 6.45) is 0. The van der Waals surface area contributed by atoms with Gasteiger partial charge in [-0.3, -0.25) is 14.5 Å². The van der Waals surface area contributed by atoms with Gasteiger partial charge in [0.15, 0.2) is 0 Å². The summed E-state index contributed by atoms with van der Waals surface area (Å²) >= 11 is 0. The average molecular weight is 294 g/mol. The molecule has 1 aromatic rings. The zero-order chi connectivity index (χ0) is 15.4. The first kappa shape index (κ1) is 15.4. The molecule has 1 amide bonds. The van der Waals surface area contributed by atoms with E-state index in [-0.39, 0.29) is 30.7 Å². The lowest BCUT2D eigenvalue weighted by Gasteiger charge is -2.15. The minimum Gasteiger partial charge on any atom is -0.481 e. The SMILES string of the molecule is CC1CN(CC(=O)NCc2ccccc2F)CC1C(=O)O. The number of hydrogen-bond acceptors (Lipinski definition) is 3. The molecular weight excluding hydrogens is 275 g/mol. The Labute approximate surface area is 122 Å². The third-order valence-corrected chi connectivity index (χ3v) is 3.81. The molecule has 2 N–H and O–H groups in total. The van der Waals surface area contributed by atoms with Gasteiger partial charge in [0.1, 0.15) is 5.82 Å². The molecule has 5 nitrogen and oxygen atoms in total. The van der Waals surface area contributed by atoms with Crippen molar-refractivity contribution in [3.8, 4) is 0 Å². The van der Waals surface area contributed by atoms with Crippen LogP contribution in [0.4, 0.5) is 4.39 Å². The first-order valence-electron chi connectivity index (χ1n) is 6.92. The standard InChI is InChI=1S/C15H19FN2O3/c1-10-7-18(8-12(10)15(20)21)9-14(19)17-6-11-4-2-3-5-13(11)16/h2-5,10,12H,6-9H2,1H3,(H,17,19)(H,20,21). The van der Waals surface area contributed by atoms with Gasteiger partial charge in [-0.1, -0.05) is 25.1 Å². The molecule has 2 rings (SSSR count). The van der Waals surface area contributed by atoms with Crippen molar-refractivity contribution in [1.82, 2.24) is 10.2 Å². The molecule has 0 bridgehead atoms. The number of halogens is 1. The van der Waals surface area contributed by atoms with E-state index in [4.69, 9.17) is 5.11 Å². The van der Waals surface area contributed by atoms with Gasteiger partial charge >= 0.3 is 5.97 Å². The molecule has 1 aromatic carbocycles. The Morgan fingerprint density at radius 3 is 2.71 bits per heavy atom. The van der Waals surface area contributed by atoms with Crippen LogP contribution in [0, 0.1) is 17.7 Å². The number of hydrogen-bond donors (Lipinski definition) is 2. The van der Waals surface area contributed by atoms with Crippen LogP contribution in [-0.4, -0.2) is 41.5 Å². The van der Waals surface area contributed by atoms with Crippen molar-refractivity contribution in [1.29, 1.82) is 0 Å². The van der Waals surface area contributed by atoms with Crippen molar-refractivity contribution in [2.45, 2.75) is 13.5 Å². The van der Waals surface area contributed by atoms with Gasteiger partial charge in [0.05, 0.1) is 12.5 Å². The topological polar surface area (TPSA) is 69.6 Å². The maximum atomic E-state index is 13.4. The van der Waals surface area contributed by atoms with Gasteiger partial charge in [0.25, 0.3) is 0 Å². The van der Waals surface area contributed by atoms with E-state index in [1.165, 1.54) is 6.07 Å². The number of carbonyl (C=O) groups is 2. The molecule has 0 radical (unpaired) electrons. The summed E-state index contributed by atoms with van der Waals surface area (Å²) in [7, 11) is 0. The summed E-state index contributed by atoms with van der Waals surface area (Å²) < 4.78 is 13.4. The summed E-state index contributed by atoms with van der Waals surface area (Å²) in [6, 6.07) is 6.28. The molecular formula is C15H19FN2O3. The van der Waals surface area contributed by atoms with Crippen molar-refractivity contribution in [3.05, 3.63) is 35.6 Å². The van der Waals surface area contributed by atoms with Gasteiger partial charge in [-0.05, 0) is 12.0 Å². The fraction of sp³-hybridized carbons (Fsp3) is 0.467. The highest BCUT2D eigenvalue weighted by Gasteiger charge is 2.35. The quantitative estimate of drug-likeness (QED) is 0.853. The van der Waals surface area contributed by atoms with Crippen LogP contribution in [0.3, 0.4) is 0 Å². The Morgan fingerprint density at radius 2 is 2.10 bits per heavy atom. The van der Waals surface area contributed by atoms with Gasteiger partial charge in [0.2, 0.25) is 5.91 Å². The molecule has 1 saturated heterocycles. The van der Waals surface area contributed by atoms with Crippen LogP contribution in [0.5, 0.6) is 0 Å². The van der Waals surface area contributed by atoms with Gasteiger partial charge in [0, 0.05) is 25.2 Å². The number of amides is 1. The maximum absolute atomic E-state index is 13.4. The Morgan fingerprint density at radius 1 is 1.38 bits per heavy atom. The van der Waals surface area contributed by atoms with Crippen LogP contribution >= 0.6 is 0 Å². The minimum absolute atomic E-state index is 0.0295. The van der Waals surface area contributed by atoms with E-state index >= 15 is 0 Å². The van der Waals surface area contributed by atoms with E-state index < -0.39 is 11.9 Å². The normalized spacial score (nSPS) is 22.2. The molecule has 0 spiro atoms. The number of likely N-dealkylation sites (tertiary alicyclic amines) is 1. The van der Waals surface area contributed by atoms with Crippen molar-refractivity contribution in [3.63, 3.8) is 0 Å². The number of carboxylic acids is 1. The summed E-state index contributed by atoms with van der Waals surface area (Å²) in [6.45, 7) is 3.11. The van der Waals surface area contributed by atoms with Crippen LogP contribution in [-0.2, 0) is 16.1 Å². The van der Waals surface area contributed by atoms with Crippen molar-refractivity contribution in [2.75, 3.05) is 19.6 Å². The number of nitrogens with zero attached hydrogens (tertiary/aromatic N) is 1. The number of benzene rings is 1. The van der Waals surface area contributed by atoms with Gasteiger partial charge in [-0.15, -0.1) is 0 Å². The highest BCUT2D eigenvalue weighted by atomic mass is 19.1. The zero-order valence-electron chi connectivity index (χ0n) is 11.9. The lowest BCUT2D eigenvalue weighted by molar-refractivity contribution is -0.142. The smallest absolute Gasteiger partial charge is 0.308 e. The third-order valence-electron chi connectivity index (χ3n) is 3.81. The predicted octanol–water partition coefficient (Wildman–Crippen LogP) is 1.09. The summed E-state index contributed by atoms with van der Waals surface area (Å²) in [5.41, 5.74) is 0.434. The first-order chi connectivity index (χ1) is 9.97. The maximum Gasteiger partial charge on any atom is 0.308 e. The minimum atomic E-state index is -0.822. The lowest BCUT2D eigenvalue weighted by Crippen LogP contribution is -2.36. The molecule has 114 valence electrons. The predicted molar refractivity (Wildman–Crippen MR) is 75.0 cm³/mol. The average Bonchev–Trinajstić information content (AvgIpc) is 2.79. The summed E-state index contributed by atoms with van der Waals surface area (Å²) in [5, 5.41) is 11.7. The summed E-state index contributed by atoms with van der Waals surface area (Å²) in [4.78, 5) is 24.7. The van der Waals surface area contributed by atoms with Crippen molar-refractivity contribution in [2.24, 2.45) is 11.8 Å². The second-order valence-electron chi connectivity index (χ2n) is 5.48. The zero-order valence-corrected chi connectivity index (χ0v) is 11.9. The number of aliphatic carboxylic acids is 1. The van der Waals surface area contributed by atoms with Crippen LogP contribution in [0.15, 0.2) is 24.3 Å². The highest BCUT2D eigenvalue weighted by Crippen LogP contribution is 2.22. The first-order valence-corrected chi connectivity index (χ1v) is 6.92. The van der Waals surface area contributed by atoms with E-state index in [0.717, 1.165) is 0 Å². The van der Waals surface area contributed by atoms with E-state index in [2.05, 4.69) is 5.32 Å². The lowest BCUT2D eigenvalue weighted by atomic mass is 9.99. The van der Waals surface area contributed by atoms with Gasteiger partial charge < -0.3 is 10.4 Å². The Bertz CT molecular complexity index is 535. The fourth-order valence-corrected chi connectivity index (χ4v) is 2.61. The fourth-order valence-electron chi connectivity index (χ4n) is 2.61. The Hall–Kier alpha value is -1.95. The third kappa shape index (κ3) is 4.01. The number of nitrogens with one attached hydrogen (secondary N) is 1. The van der Waals surface area contributed by atoms with Gasteiger partial charge in [-0.2, -0.15) is 0 Å². The number of carboxylic acid groups (broad SMARTS) is 1. The molecule has 21 heavy (non-hydrogen) atoms. The van der Waals surface area contributed by atoms with E-state index in [0.29, 0.717) is 18.7 Å². The molecule has 1 aliphatic rings. The van der Waals surface area contributed by atoms with E-state index in [1.807, 2.05) is 11.8 Å². The molecule has 2 unspecified atom stereocenters. The number of carbonyl (C=O) groups excluding carboxylic acids is 1. The second kappa shape index (κ2) is 6.67. The van der Waals surface area contributed by atoms with Crippen LogP contribution in [0.25, 0.3) is 0 Å². The Balaban J connectivity index is 1.81. The number of rotatable bonds is 5. The molecule has 1 heterocycles. The van der Waals surface area contributed by atoms with Crippen LogP contribution in [0.1, 0.15) is 12.5 Å². The van der Waals surface area contributed by atoms with Crippen molar-refractivity contribution < 1.29 is 19.1 Å².